The minimum Gasteiger partial charge on any atom is -0.357 e. The molecule has 0 aliphatic heterocycles. The average Bonchev–Trinajstić information content (AvgIpc) is 3.49. The van der Waals surface area contributed by atoms with E-state index in [1.54, 1.807) is 18.5 Å². The van der Waals surface area contributed by atoms with Crippen molar-refractivity contribution < 1.29 is 9.18 Å². The zero-order chi connectivity index (χ0) is 21.4. The molecule has 5 rings (SSSR count). The van der Waals surface area contributed by atoms with Gasteiger partial charge in [-0.15, -0.1) is 0 Å². The summed E-state index contributed by atoms with van der Waals surface area (Å²) < 4.78 is 14.3. The second-order valence-electron chi connectivity index (χ2n) is 7.73. The molecule has 31 heavy (non-hydrogen) atoms. The molecule has 2 atom stereocenters. The molecule has 158 valence electrons. The van der Waals surface area contributed by atoms with E-state index in [0.717, 1.165) is 40.2 Å². The molecule has 0 radical (unpaired) electrons. The summed E-state index contributed by atoms with van der Waals surface area (Å²) in [7, 11) is 0. The molecule has 2 aromatic heterocycles. The van der Waals surface area contributed by atoms with E-state index in [0.29, 0.717) is 11.3 Å². The molecule has 7 nitrogen and oxygen atoms in total. The summed E-state index contributed by atoms with van der Waals surface area (Å²) in [6.07, 6.45) is 5.98. The lowest BCUT2D eigenvalue weighted by Gasteiger charge is -2.22. The fourth-order valence-corrected chi connectivity index (χ4v) is 4.97. The van der Waals surface area contributed by atoms with Crippen LogP contribution < -0.4 is 10.6 Å². The van der Waals surface area contributed by atoms with Gasteiger partial charge in [-0.3, -0.25) is 4.79 Å². The van der Waals surface area contributed by atoms with E-state index < -0.39 is 0 Å². The Morgan fingerprint density at radius 2 is 1.94 bits per heavy atom. The molecule has 1 amide bonds. The van der Waals surface area contributed by atoms with E-state index in [1.165, 1.54) is 28.3 Å². The van der Waals surface area contributed by atoms with Gasteiger partial charge >= 0.3 is 0 Å². The van der Waals surface area contributed by atoms with Gasteiger partial charge in [-0.2, -0.15) is 15.0 Å². The van der Waals surface area contributed by atoms with Gasteiger partial charge in [0.1, 0.15) is 5.82 Å². The Kier molecular flexibility index (Phi) is 5.11. The number of halogens is 1. The van der Waals surface area contributed by atoms with Crippen molar-refractivity contribution in [3.05, 3.63) is 65.7 Å². The maximum Gasteiger partial charge on any atom is 0.253 e. The average molecular weight is 437 g/mol. The lowest BCUT2D eigenvalue weighted by Crippen LogP contribution is -2.43. The maximum atomic E-state index is 13.5. The summed E-state index contributed by atoms with van der Waals surface area (Å²) in [4.78, 5) is 19.2. The molecule has 0 bridgehead atoms. The predicted octanol–water partition coefficient (Wildman–Crippen LogP) is 4.09. The molecule has 9 heteroatoms. The minimum atomic E-state index is -0.269. The summed E-state index contributed by atoms with van der Waals surface area (Å²) in [6.45, 7) is 1.95. The summed E-state index contributed by atoms with van der Waals surface area (Å²) >= 11 is 1.42. The maximum absolute atomic E-state index is 13.5. The number of anilines is 1. The van der Waals surface area contributed by atoms with Crippen LogP contribution >= 0.6 is 11.3 Å². The van der Waals surface area contributed by atoms with Crippen molar-refractivity contribution >= 4 is 32.6 Å². The van der Waals surface area contributed by atoms with Gasteiger partial charge in [0.2, 0.25) is 0 Å². The fraction of sp³-hybridized carbons (Fsp3) is 0.273. The zero-order valence-electron chi connectivity index (χ0n) is 16.9. The number of carbonyl (C=O) groups excluding carboxylic acids is 1. The van der Waals surface area contributed by atoms with Crippen LogP contribution in [0.2, 0.25) is 0 Å². The second kappa shape index (κ2) is 8.07. The molecular formula is C22H21FN6OS. The van der Waals surface area contributed by atoms with Gasteiger partial charge < -0.3 is 10.6 Å². The van der Waals surface area contributed by atoms with Gasteiger partial charge in [0.05, 0.1) is 33.9 Å². The Bertz CT molecular complexity index is 1240. The normalized spacial score (nSPS) is 18.4. The van der Waals surface area contributed by atoms with Crippen LogP contribution in [0.15, 0.2) is 48.8 Å². The topological polar surface area (TPSA) is 84.7 Å². The molecule has 4 aromatic rings. The van der Waals surface area contributed by atoms with Crippen molar-refractivity contribution in [1.29, 1.82) is 0 Å². The Morgan fingerprint density at radius 1 is 1.13 bits per heavy atom. The molecule has 1 aliphatic rings. The number of amides is 1. The van der Waals surface area contributed by atoms with E-state index >= 15 is 0 Å². The number of fused-ring (bicyclic) bond motifs is 1. The number of thiazole rings is 1. The summed E-state index contributed by atoms with van der Waals surface area (Å²) in [6, 6.07) is 10.3. The van der Waals surface area contributed by atoms with E-state index in [-0.39, 0.29) is 23.8 Å². The third-order valence-corrected chi connectivity index (χ3v) is 6.47. The van der Waals surface area contributed by atoms with Crippen LogP contribution in [0, 0.1) is 12.7 Å². The monoisotopic (exact) mass is 436 g/mol. The molecule has 0 unspecified atom stereocenters. The highest BCUT2D eigenvalue weighted by Crippen LogP contribution is 2.30. The molecule has 0 saturated heterocycles. The number of aromatic nitrogens is 4. The Balaban J connectivity index is 1.34. The Labute approximate surface area is 182 Å². The third kappa shape index (κ3) is 4.00. The van der Waals surface area contributed by atoms with Gasteiger partial charge in [-0.1, -0.05) is 23.0 Å². The number of benzene rings is 2. The van der Waals surface area contributed by atoms with Gasteiger partial charge in [0.15, 0.2) is 5.13 Å². The number of hydrogen-bond donors (Lipinski definition) is 2. The number of hydrogen-bond acceptors (Lipinski definition) is 6. The highest BCUT2D eigenvalue weighted by atomic mass is 32.1. The highest BCUT2D eigenvalue weighted by molar-refractivity contribution is 7.22. The number of nitrogens with zero attached hydrogens (tertiary/aromatic N) is 4. The SMILES string of the molecule is Cc1ccc(-n2nccn2)c(C(=O)N[C@@H]2CCC[C@H]2Nc2nc3ccc(F)cc3s2)c1. The van der Waals surface area contributed by atoms with Crippen molar-refractivity contribution in [3.8, 4) is 5.69 Å². The Morgan fingerprint density at radius 3 is 2.77 bits per heavy atom. The fourth-order valence-electron chi connectivity index (χ4n) is 4.02. The van der Waals surface area contributed by atoms with Crippen LogP contribution in [0.1, 0.15) is 35.2 Å². The van der Waals surface area contributed by atoms with Gasteiger partial charge in [0.25, 0.3) is 5.91 Å². The number of nitrogens with one attached hydrogen (secondary N) is 2. The molecular weight excluding hydrogens is 415 g/mol. The van der Waals surface area contributed by atoms with Crippen molar-refractivity contribution in [2.45, 2.75) is 38.3 Å². The Hall–Kier alpha value is -3.33. The predicted molar refractivity (Wildman–Crippen MR) is 118 cm³/mol. The first-order chi connectivity index (χ1) is 15.1. The largest absolute Gasteiger partial charge is 0.357 e. The third-order valence-electron chi connectivity index (χ3n) is 5.52. The van der Waals surface area contributed by atoms with E-state index in [9.17, 15) is 9.18 Å². The van der Waals surface area contributed by atoms with Gasteiger partial charge in [0, 0.05) is 12.1 Å². The lowest BCUT2D eigenvalue weighted by atomic mass is 10.1. The van der Waals surface area contributed by atoms with Gasteiger partial charge in [-0.05, 0) is 56.5 Å². The van der Waals surface area contributed by atoms with Crippen LogP contribution in [-0.2, 0) is 0 Å². The quantitative estimate of drug-likeness (QED) is 0.492. The smallest absolute Gasteiger partial charge is 0.253 e. The molecule has 1 fully saturated rings. The minimum absolute atomic E-state index is 0.0322. The summed E-state index contributed by atoms with van der Waals surface area (Å²) in [5.41, 5.74) is 2.94. The van der Waals surface area contributed by atoms with E-state index in [2.05, 4.69) is 25.8 Å². The molecule has 1 saturated carbocycles. The molecule has 2 heterocycles. The lowest BCUT2D eigenvalue weighted by molar-refractivity contribution is 0.0935. The number of aryl methyl sites for hydroxylation is 1. The van der Waals surface area contributed by atoms with Crippen LogP contribution in [0.25, 0.3) is 15.9 Å². The number of carbonyl (C=O) groups is 1. The molecule has 1 aliphatic carbocycles. The molecule has 2 aromatic carbocycles. The van der Waals surface area contributed by atoms with Crippen LogP contribution in [0.3, 0.4) is 0 Å². The van der Waals surface area contributed by atoms with Crippen molar-refractivity contribution in [3.63, 3.8) is 0 Å². The highest BCUT2D eigenvalue weighted by Gasteiger charge is 2.30. The van der Waals surface area contributed by atoms with Crippen molar-refractivity contribution in [1.82, 2.24) is 25.3 Å². The first kappa shape index (κ1) is 19.6. The summed E-state index contributed by atoms with van der Waals surface area (Å²) in [5.74, 6) is -0.421. The van der Waals surface area contributed by atoms with Crippen LogP contribution in [0.5, 0.6) is 0 Å². The van der Waals surface area contributed by atoms with E-state index in [4.69, 9.17) is 0 Å². The molecule has 2 N–H and O–H groups in total. The van der Waals surface area contributed by atoms with E-state index in [1.807, 2.05) is 25.1 Å². The number of rotatable bonds is 5. The van der Waals surface area contributed by atoms with Crippen molar-refractivity contribution in [2.24, 2.45) is 0 Å². The molecule has 0 spiro atoms. The second-order valence-corrected chi connectivity index (χ2v) is 8.76. The summed E-state index contributed by atoms with van der Waals surface area (Å²) in [5, 5.41) is 15.7. The zero-order valence-corrected chi connectivity index (χ0v) is 17.7. The van der Waals surface area contributed by atoms with Crippen LogP contribution in [0.4, 0.5) is 9.52 Å². The van der Waals surface area contributed by atoms with Crippen LogP contribution in [-0.4, -0.2) is 38.0 Å². The van der Waals surface area contributed by atoms with Crippen molar-refractivity contribution in [2.75, 3.05) is 5.32 Å². The standard InChI is InChI=1S/C22H21FN6OS/c1-13-5-8-19(29-24-9-10-25-29)15(11-13)21(30)26-16-3-2-4-17(16)27-22-28-18-7-6-14(23)12-20(18)31-22/h5-12,16-17H,2-4H2,1H3,(H,26,30)(H,27,28)/t16-,17-/m1/s1. The first-order valence-electron chi connectivity index (χ1n) is 10.2. The first-order valence-corrected chi connectivity index (χ1v) is 11.0. The van der Waals surface area contributed by atoms with Gasteiger partial charge in [-0.25, -0.2) is 9.37 Å².